The summed E-state index contributed by atoms with van der Waals surface area (Å²) in [5.74, 6) is 2.60. The first-order valence-electron chi connectivity index (χ1n) is 9.60. The molecule has 28 heavy (non-hydrogen) atoms. The Morgan fingerprint density at radius 3 is 2.82 bits per heavy atom. The Morgan fingerprint density at radius 2 is 2.07 bits per heavy atom. The van der Waals surface area contributed by atoms with Gasteiger partial charge in [-0.25, -0.2) is 0 Å². The molecule has 1 N–H and O–H groups in total. The zero-order valence-corrected chi connectivity index (χ0v) is 17.9. The van der Waals surface area contributed by atoms with Gasteiger partial charge in [0.05, 0.1) is 19.7 Å². The fourth-order valence-corrected chi connectivity index (χ4v) is 3.27. The van der Waals surface area contributed by atoms with Crippen LogP contribution in [0.3, 0.4) is 0 Å². The van der Waals surface area contributed by atoms with E-state index in [1.807, 2.05) is 25.1 Å². The highest BCUT2D eigenvalue weighted by Gasteiger charge is 2.28. The second-order valence-corrected chi connectivity index (χ2v) is 7.35. The van der Waals surface area contributed by atoms with Crippen LogP contribution in [0, 0.1) is 5.92 Å². The van der Waals surface area contributed by atoms with Gasteiger partial charge in [0, 0.05) is 31.8 Å². The number of nitrogens with zero attached hydrogens (tertiary/aromatic N) is 3. The summed E-state index contributed by atoms with van der Waals surface area (Å²) in [5, 5.41) is 7.58. The number of nitrogens with one attached hydrogen (secondary N) is 1. The highest BCUT2D eigenvalue weighted by Crippen LogP contribution is 2.31. The normalized spacial score (nSPS) is 18.7. The maximum Gasteiger partial charge on any atom is 0.240 e. The van der Waals surface area contributed by atoms with Gasteiger partial charge in [-0.15, -0.1) is 12.4 Å². The van der Waals surface area contributed by atoms with Gasteiger partial charge in [-0.1, -0.05) is 37.2 Å². The molecule has 1 saturated heterocycles. The fourth-order valence-electron chi connectivity index (χ4n) is 3.27. The molecule has 1 aromatic heterocycles. The largest absolute Gasteiger partial charge is 0.496 e. The summed E-state index contributed by atoms with van der Waals surface area (Å²) in [6.07, 6.45) is -0.169. The quantitative estimate of drug-likeness (QED) is 0.715. The fraction of sp³-hybridized carbons (Fsp3) is 0.600. The average molecular weight is 411 g/mol. The third-order valence-corrected chi connectivity index (χ3v) is 4.72. The molecule has 1 fully saturated rings. The zero-order valence-electron chi connectivity index (χ0n) is 17.1. The molecule has 2 atom stereocenters. The molecular weight excluding hydrogens is 380 g/mol. The lowest BCUT2D eigenvalue weighted by atomic mass is 10.0. The van der Waals surface area contributed by atoms with Gasteiger partial charge < -0.3 is 19.3 Å². The third-order valence-electron chi connectivity index (χ3n) is 4.72. The number of methoxy groups -OCH3 is 1. The minimum atomic E-state index is -0.169. The molecule has 1 aliphatic heterocycles. The van der Waals surface area contributed by atoms with Crippen LogP contribution in [0.15, 0.2) is 28.8 Å². The number of rotatable bonds is 8. The lowest BCUT2D eigenvalue weighted by molar-refractivity contribution is 0.0402. The summed E-state index contributed by atoms with van der Waals surface area (Å²) >= 11 is 0. The standard InChI is InChI=1S/C20H30N4O3.ClH/c1-14(2)13-26-15(3)20-22-19(27-23-20)12-24-10-9-21-11-17(24)16-7-5-6-8-18(16)25-4;/h5-8,14-15,17,21H,9-13H2,1-4H3;1H. The first-order valence-corrected chi connectivity index (χ1v) is 9.60. The van der Waals surface area contributed by atoms with Crippen molar-refractivity contribution in [2.45, 2.75) is 39.5 Å². The van der Waals surface area contributed by atoms with Crippen LogP contribution in [0.1, 0.15) is 50.2 Å². The van der Waals surface area contributed by atoms with Crippen molar-refractivity contribution in [2.24, 2.45) is 5.92 Å². The van der Waals surface area contributed by atoms with Gasteiger partial charge in [-0.2, -0.15) is 4.98 Å². The van der Waals surface area contributed by atoms with Crippen LogP contribution in [0.2, 0.25) is 0 Å². The molecular formula is C20H31ClN4O3. The summed E-state index contributed by atoms with van der Waals surface area (Å²) in [6.45, 7) is 10.2. The van der Waals surface area contributed by atoms with Crippen molar-refractivity contribution in [3.63, 3.8) is 0 Å². The third kappa shape index (κ3) is 5.67. The van der Waals surface area contributed by atoms with Crippen molar-refractivity contribution in [1.29, 1.82) is 0 Å². The van der Waals surface area contributed by atoms with Crippen LogP contribution in [0.4, 0.5) is 0 Å². The van der Waals surface area contributed by atoms with Gasteiger partial charge >= 0.3 is 0 Å². The Morgan fingerprint density at radius 1 is 1.29 bits per heavy atom. The van der Waals surface area contributed by atoms with E-state index < -0.39 is 0 Å². The van der Waals surface area contributed by atoms with E-state index in [4.69, 9.17) is 14.0 Å². The molecule has 2 unspecified atom stereocenters. The lowest BCUT2D eigenvalue weighted by Gasteiger charge is -2.36. The van der Waals surface area contributed by atoms with Gasteiger partial charge in [-0.3, -0.25) is 4.90 Å². The highest BCUT2D eigenvalue weighted by molar-refractivity contribution is 5.85. The molecule has 156 valence electrons. The first kappa shape index (κ1) is 22.6. The second kappa shape index (κ2) is 10.8. The van der Waals surface area contributed by atoms with E-state index >= 15 is 0 Å². The Hall–Kier alpha value is -1.67. The maximum absolute atomic E-state index is 5.79. The predicted octanol–water partition coefficient (Wildman–Crippen LogP) is 3.38. The van der Waals surface area contributed by atoms with Gasteiger partial charge in [-0.05, 0) is 18.9 Å². The molecule has 7 nitrogen and oxygen atoms in total. The average Bonchev–Trinajstić information content (AvgIpc) is 3.15. The van der Waals surface area contributed by atoms with E-state index in [-0.39, 0.29) is 24.6 Å². The molecule has 2 aromatic rings. The molecule has 1 aromatic carbocycles. The number of hydrogen-bond donors (Lipinski definition) is 1. The Bertz CT molecular complexity index is 725. The molecule has 0 saturated carbocycles. The predicted molar refractivity (Wildman–Crippen MR) is 110 cm³/mol. The molecule has 3 rings (SSSR count). The Kier molecular flexibility index (Phi) is 8.69. The van der Waals surface area contributed by atoms with E-state index in [0.29, 0.717) is 30.8 Å². The van der Waals surface area contributed by atoms with E-state index in [2.05, 4.69) is 40.3 Å². The van der Waals surface area contributed by atoms with Crippen molar-refractivity contribution >= 4 is 12.4 Å². The summed E-state index contributed by atoms with van der Waals surface area (Å²) in [6, 6.07) is 8.35. The molecule has 0 amide bonds. The lowest BCUT2D eigenvalue weighted by Crippen LogP contribution is -2.45. The highest BCUT2D eigenvalue weighted by atomic mass is 35.5. The van der Waals surface area contributed by atoms with E-state index in [1.54, 1.807) is 7.11 Å². The van der Waals surface area contributed by atoms with Crippen molar-refractivity contribution in [3.05, 3.63) is 41.5 Å². The van der Waals surface area contributed by atoms with Gasteiger partial charge in [0.1, 0.15) is 11.9 Å². The molecule has 2 heterocycles. The van der Waals surface area contributed by atoms with Gasteiger partial charge in [0.25, 0.3) is 0 Å². The zero-order chi connectivity index (χ0) is 19.2. The summed E-state index contributed by atoms with van der Waals surface area (Å²) in [5.41, 5.74) is 1.17. The minimum Gasteiger partial charge on any atom is -0.496 e. The maximum atomic E-state index is 5.79. The molecule has 0 radical (unpaired) electrons. The molecule has 0 spiro atoms. The van der Waals surface area contributed by atoms with Crippen LogP contribution in [-0.4, -0.2) is 48.4 Å². The first-order chi connectivity index (χ1) is 13.1. The molecule has 8 heteroatoms. The SMILES string of the molecule is COc1ccccc1C1CNCCN1Cc1nc(C(C)OCC(C)C)no1.Cl. The van der Waals surface area contributed by atoms with Crippen LogP contribution >= 0.6 is 12.4 Å². The van der Waals surface area contributed by atoms with Crippen molar-refractivity contribution < 1.29 is 14.0 Å². The summed E-state index contributed by atoms with van der Waals surface area (Å²) in [7, 11) is 1.71. The summed E-state index contributed by atoms with van der Waals surface area (Å²) in [4.78, 5) is 6.91. The summed E-state index contributed by atoms with van der Waals surface area (Å²) < 4.78 is 16.8. The van der Waals surface area contributed by atoms with E-state index in [9.17, 15) is 0 Å². The van der Waals surface area contributed by atoms with Crippen LogP contribution in [0.25, 0.3) is 0 Å². The van der Waals surface area contributed by atoms with Crippen molar-refractivity contribution in [1.82, 2.24) is 20.4 Å². The number of hydrogen-bond acceptors (Lipinski definition) is 7. The Balaban J connectivity index is 0.00000280. The van der Waals surface area contributed by atoms with E-state index in [0.717, 1.165) is 25.4 Å². The second-order valence-electron chi connectivity index (χ2n) is 7.35. The van der Waals surface area contributed by atoms with Crippen molar-refractivity contribution in [3.8, 4) is 5.75 Å². The van der Waals surface area contributed by atoms with Crippen LogP contribution < -0.4 is 10.1 Å². The number of aromatic nitrogens is 2. The van der Waals surface area contributed by atoms with Gasteiger partial charge in [0.15, 0.2) is 5.82 Å². The number of ether oxygens (including phenoxy) is 2. The molecule has 0 aliphatic carbocycles. The monoisotopic (exact) mass is 410 g/mol. The van der Waals surface area contributed by atoms with Crippen molar-refractivity contribution in [2.75, 3.05) is 33.4 Å². The number of halogens is 1. The minimum absolute atomic E-state index is 0. The smallest absolute Gasteiger partial charge is 0.240 e. The number of piperazine rings is 1. The molecule has 1 aliphatic rings. The van der Waals surface area contributed by atoms with Crippen LogP contribution in [0.5, 0.6) is 5.75 Å². The van der Waals surface area contributed by atoms with Gasteiger partial charge in [0.2, 0.25) is 5.89 Å². The number of para-hydroxylation sites is 1. The van der Waals surface area contributed by atoms with E-state index in [1.165, 1.54) is 5.56 Å². The molecule has 0 bridgehead atoms. The number of benzene rings is 1. The topological polar surface area (TPSA) is 72.7 Å². The van der Waals surface area contributed by atoms with Crippen LogP contribution in [-0.2, 0) is 11.3 Å². The Labute approximate surface area is 173 Å².